The summed E-state index contributed by atoms with van der Waals surface area (Å²) in [6.45, 7) is 5.58. The van der Waals surface area contributed by atoms with Crippen LogP contribution in [0.1, 0.15) is 62.4 Å². The predicted molar refractivity (Wildman–Crippen MR) is 152 cm³/mol. The van der Waals surface area contributed by atoms with E-state index in [2.05, 4.69) is 15.6 Å². The molecule has 2 heterocycles. The van der Waals surface area contributed by atoms with E-state index >= 15 is 0 Å². The lowest BCUT2D eigenvalue weighted by atomic mass is 9.96. The Bertz CT molecular complexity index is 1390. The molecule has 0 bridgehead atoms. The number of carboxylic acids is 1. The van der Waals surface area contributed by atoms with E-state index in [0.29, 0.717) is 17.8 Å². The quantitative estimate of drug-likeness (QED) is 0.274. The number of carbonyl (C=O) groups is 3. The number of aromatic nitrogens is 2. The minimum Gasteiger partial charge on any atom is -0.480 e. The van der Waals surface area contributed by atoms with Gasteiger partial charge in [0.15, 0.2) is 0 Å². The molecular weight excluding hydrogens is 512 g/mol. The fourth-order valence-electron chi connectivity index (χ4n) is 4.11. The molecule has 0 radical (unpaired) electrons. The molecule has 0 aliphatic rings. The zero-order valence-electron chi connectivity index (χ0n) is 23.1. The molecule has 10 heteroatoms. The number of benzene rings is 1. The summed E-state index contributed by atoms with van der Waals surface area (Å²) in [5.74, 6) is -1.53. The van der Waals surface area contributed by atoms with E-state index < -0.39 is 29.8 Å². The number of amides is 2. The third-order valence-corrected chi connectivity index (χ3v) is 5.94. The normalized spacial score (nSPS) is 11.1. The molecule has 3 rings (SSSR count). The number of carboxylic acid groups (broad SMARTS) is 1. The number of hydrogen-bond donors (Lipinski definition) is 3. The van der Waals surface area contributed by atoms with Gasteiger partial charge in [-0.05, 0) is 75.4 Å². The monoisotopic (exact) mass is 548 g/mol. The van der Waals surface area contributed by atoms with E-state index in [1.165, 1.54) is 18.3 Å². The maximum atomic E-state index is 12.9. The lowest BCUT2D eigenvalue weighted by Gasteiger charge is -2.19. The maximum absolute atomic E-state index is 12.9. The number of unbranched alkanes of at least 4 members (excludes halogenated alkanes) is 3. The van der Waals surface area contributed by atoms with Gasteiger partial charge in [-0.1, -0.05) is 25.0 Å². The molecule has 0 spiro atoms. The first-order chi connectivity index (χ1) is 19.0. The van der Waals surface area contributed by atoms with E-state index in [4.69, 9.17) is 9.84 Å². The molecule has 0 aliphatic heterocycles. The minimum absolute atomic E-state index is 0.319. The SMILES string of the molecule is CC(C)(C)OC(=O)NCCCCCCc1ccncc1-c1cccc(C(=O)Nc2ccc(=O)n(CC(=O)O)c2)c1. The van der Waals surface area contributed by atoms with Gasteiger partial charge < -0.3 is 25.0 Å². The molecule has 1 aromatic carbocycles. The third-order valence-electron chi connectivity index (χ3n) is 5.94. The molecular formula is C30H36N4O6. The molecule has 3 N–H and O–H groups in total. The van der Waals surface area contributed by atoms with Crippen LogP contribution in [0.5, 0.6) is 0 Å². The Morgan fingerprint density at radius 3 is 2.55 bits per heavy atom. The smallest absolute Gasteiger partial charge is 0.407 e. The van der Waals surface area contributed by atoms with Crippen LogP contribution in [0.25, 0.3) is 11.1 Å². The number of alkyl carbamates (subject to hydrolysis) is 1. The second kappa shape index (κ2) is 14.1. The molecule has 3 aromatic rings. The van der Waals surface area contributed by atoms with Gasteiger partial charge in [0, 0.05) is 42.3 Å². The fourth-order valence-corrected chi connectivity index (χ4v) is 4.11. The van der Waals surface area contributed by atoms with Crippen molar-refractivity contribution < 1.29 is 24.2 Å². The van der Waals surface area contributed by atoms with Crippen LogP contribution >= 0.6 is 0 Å². The Balaban J connectivity index is 1.57. The fraction of sp³-hybridized carbons (Fsp3) is 0.367. The molecule has 2 amide bonds. The van der Waals surface area contributed by atoms with Crippen molar-refractivity contribution in [1.29, 1.82) is 0 Å². The zero-order valence-corrected chi connectivity index (χ0v) is 23.1. The molecule has 0 atom stereocenters. The average Bonchev–Trinajstić information content (AvgIpc) is 2.89. The number of aliphatic carboxylic acids is 1. The van der Waals surface area contributed by atoms with Gasteiger partial charge in [-0.25, -0.2) is 4.79 Å². The van der Waals surface area contributed by atoms with Gasteiger partial charge in [0.05, 0.1) is 5.69 Å². The van der Waals surface area contributed by atoms with Gasteiger partial charge in [0.1, 0.15) is 12.1 Å². The van der Waals surface area contributed by atoms with Crippen LogP contribution in [0.4, 0.5) is 10.5 Å². The number of aryl methyl sites for hydroxylation is 1. The Morgan fingerprint density at radius 2 is 1.80 bits per heavy atom. The van der Waals surface area contributed by atoms with Gasteiger partial charge in [0.2, 0.25) is 0 Å². The first-order valence-electron chi connectivity index (χ1n) is 13.3. The molecule has 2 aromatic heterocycles. The van der Waals surface area contributed by atoms with Crippen LogP contribution < -0.4 is 16.2 Å². The van der Waals surface area contributed by atoms with E-state index in [9.17, 15) is 19.2 Å². The number of nitrogens with zero attached hydrogens (tertiary/aromatic N) is 2. The molecule has 0 unspecified atom stereocenters. The Labute approximate surface area is 233 Å². The van der Waals surface area contributed by atoms with E-state index in [-0.39, 0.29) is 5.91 Å². The van der Waals surface area contributed by atoms with Gasteiger partial charge in [-0.15, -0.1) is 0 Å². The second-order valence-corrected chi connectivity index (χ2v) is 10.4. The van der Waals surface area contributed by atoms with Crippen LogP contribution in [0.2, 0.25) is 0 Å². The summed E-state index contributed by atoms with van der Waals surface area (Å²) < 4.78 is 6.26. The summed E-state index contributed by atoms with van der Waals surface area (Å²) in [6.07, 6.45) is 9.13. The first-order valence-corrected chi connectivity index (χ1v) is 13.3. The topological polar surface area (TPSA) is 140 Å². The molecule has 0 saturated carbocycles. The second-order valence-electron chi connectivity index (χ2n) is 10.4. The van der Waals surface area contributed by atoms with Gasteiger partial charge in [0.25, 0.3) is 11.5 Å². The predicted octanol–water partition coefficient (Wildman–Crippen LogP) is 4.87. The van der Waals surface area contributed by atoms with E-state index in [0.717, 1.165) is 53.4 Å². The summed E-state index contributed by atoms with van der Waals surface area (Å²) in [4.78, 5) is 51.8. The van der Waals surface area contributed by atoms with Crippen molar-refractivity contribution in [2.24, 2.45) is 0 Å². The summed E-state index contributed by atoms with van der Waals surface area (Å²) in [6, 6.07) is 11.8. The Morgan fingerprint density at radius 1 is 1.02 bits per heavy atom. The van der Waals surface area contributed by atoms with E-state index in [1.807, 2.05) is 32.9 Å². The summed E-state index contributed by atoms with van der Waals surface area (Å²) >= 11 is 0. The van der Waals surface area contributed by atoms with Crippen molar-refractivity contribution in [3.8, 4) is 11.1 Å². The van der Waals surface area contributed by atoms with Gasteiger partial charge in [-0.2, -0.15) is 0 Å². The van der Waals surface area contributed by atoms with Crippen LogP contribution in [0.3, 0.4) is 0 Å². The van der Waals surface area contributed by atoms with Crippen LogP contribution in [0.15, 0.2) is 65.8 Å². The van der Waals surface area contributed by atoms with Crippen molar-refractivity contribution in [3.63, 3.8) is 0 Å². The number of carbonyl (C=O) groups excluding carboxylic acids is 2. The highest BCUT2D eigenvalue weighted by Gasteiger charge is 2.15. The van der Waals surface area contributed by atoms with Gasteiger partial charge in [-0.3, -0.25) is 19.4 Å². The number of nitrogens with one attached hydrogen (secondary N) is 2. The number of anilines is 1. The highest BCUT2D eigenvalue weighted by Crippen LogP contribution is 2.25. The molecule has 212 valence electrons. The standard InChI is InChI=1S/C30H36N4O6/c1-30(2,3)40-29(39)32-15-7-5-4-6-9-21-14-16-31-18-25(21)22-10-8-11-23(17-22)28(38)33-24-12-13-26(35)34(19-24)20-27(36)37/h8,10-14,16-19H,4-7,9,15,20H2,1-3H3,(H,32,39)(H,33,38)(H,36,37). The van der Waals surface area contributed by atoms with Crippen molar-refractivity contribution >= 4 is 23.7 Å². The summed E-state index contributed by atoms with van der Waals surface area (Å²) in [5.41, 5.74) is 2.68. The maximum Gasteiger partial charge on any atom is 0.407 e. The lowest BCUT2D eigenvalue weighted by Crippen LogP contribution is -2.32. The molecule has 40 heavy (non-hydrogen) atoms. The third kappa shape index (κ3) is 9.68. The van der Waals surface area contributed by atoms with Gasteiger partial charge >= 0.3 is 12.1 Å². The lowest BCUT2D eigenvalue weighted by molar-refractivity contribution is -0.137. The number of pyridine rings is 2. The van der Waals surface area contributed by atoms with E-state index in [1.54, 1.807) is 30.6 Å². The van der Waals surface area contributed by atoms with Crippen molar-refractivity contribution in [2.75, 3.05) is 11.9 Å². The molecule has 0 fully saturated rings. The van der Waals surface area contributed by atoms with Crippen molar-refractivity contribution in [1.82, 2.24) is 14.9 Å². The largest absolute Gasteiger partial charge is 0.480 e. The summed E-state index contributed by atoms with van der Waals surface area (Å²) in [7, 11) is 0. The molecule has 10 nitrogen and oxygen atoms in total. The first kappa shape index (κ1) is 30.1. The van der Waals surface area contributed by atoms with Crippen molar-refractivity contribution in [3.05, 3.63) is 82.5 Å². The molecule has 0 saturated heterocycles. The highest BCUT2D eigenvalue weighted by atomic mass is 16.6. The number of rotatable bonds is 12. The van der Waals surface area contributed by atoms with Crippen molar-refractivity contribution in [2.45, 2.75) is 65.0 Å². The zero-order chi connectivity index (χ0) is 29.1. The Hall–Kier alpha value is -4.47. The van der Waals surface area contributed by atoms with Crippen LogP contribution in [-0.4, -0.2) is 44.8 Å². The van der Waals surface area contributed by atoms with Crippen LogP contribution in [0, 0.1) is 0 Å². The highest BCUT2D eigenvalue weighted by molar-refractivity contribution is 6.04. The molecule has 0 aliphatic carbocycles. The summed E-state index contributed by atoms with van der Waals surface area (Å²) in [5, 5.41) is 14.5. The Kier molecular flexibility index (Phi) is 10.6. The number of ether oxygens (including phenoxy) is 1. The minimum atomic E-state index is -1.15. The number of hydrogen-bond acceptors (Lipinski definition) is 6. The van der Waals surface area contributed by atoms with Crippen LogP contribution in [-0.2, 0) is 22.5 Å². The average molecular weight is 549 g/mol.